The second-order valence-electron chi connectivity index (χ2n) is 11.1. The smallest absolute Gasteiger partial charge is 0.408 e. The molecule has 38 heavy (non-hydrogen) atoms. The van der Waals surface area contributed by atoms with E-state index in [2.05, 4.69) is 10.6 Å². The monoisotopic (exact) mass is 525 g/mol. The first-order chi connectivity index (χ1) is 17.7. The number of phenolic OH excluding ortho intramolecular Hbond substituents is 1. The van der Waals surface area contributed by atoms with Crippen LogP contribution in [0.1, 0.15) is 77.1 Å². The molecule has 2 rings (SSSR count). The zero-order valence-electron chi connectivity index (χ0n) is 23.9. The summed E-state index contributed by atoms with van der Waals surface area (Å²) >= 11 is 0. The summed E-state index contributed by atoms with van der Waals surface area (Å²) in [4.78, 5) is 42.1. The van der Waals surface area contributed by atoms with E-state index in [1.165, 1.54) is 11.0 Å². The number of nitrogens with zero attached hydrogens (tertiary/aromatic N) is 1. The highest BCUT2D eigenvalue weighted by atomic mass is 16.6. The summed E-state index contributed by atoms with van der Waals surface area (Å²) in [7, 11) is 0. The van der Waals surface area contributed by atoms with Gasteiger partial charge in [0, 0.05) is 12.2 Å². The van der Waals surface area contributed by atoms with Crippen molar-refractivity contribution in [3.05, 3.63) is 59.2 Å². The van der Waals surface area contributed by atoms with Crippen LogP contribution >= 0.6 is 0 Å². The standard InChI is InChI=1S/C30H43N3O5/c1-9-16-33(28(36)24(17-19(2)3)32-29(37)38-30(6,7)8)26(22-14-15-25(34)21(5)18-22)27(35)31-23-13-11-10-12-20(23)4/h10-15,18-19,24,26,34H,9,16-17H2,1-8H3,(H,31,35)(H,32,37). The molecule has 208 valence electrons. The molecule has 0 spiro atoms. The van der Waals surface area contributed by atoms with Gasteiger partial charge in [-0.15, -0.1) is 0 Å². The molecule has 2 aromatic rings. The molecule has 8 nitrogen and oxygen atoms in total. The summed E-state index contributed by atoms with van der Waals surface area (Å²) in [5, 5.41) is 15.8. The largest absolute Gasteiger partial charge is 0.508 e. The van der Waals surface area contributed by atoms with E-state index in [0.717, 1.165) is 5.56 Å². The predicted octanol–water partition coefficient (Wildman–Crippen LogP) is 5.87. The summed E-state index contributed by atoms with van der Waals surface area (Å²) in [6, 6.07) is 10.4. The van der Waals surface area contributed by atoms with Crippen molar-refractivity contribution in [2.24, 2.45) is 5.92 Å². The number of hydrogen-bond donors (Lipinski definition) is 3. The van der Waals surface area contributed by atoms with Crippen molar-refractivity contribution >= 4 is 23.6 Å². The quantitative estimate of drug-likeness (QED) is 0.360. The van der Waals surface area contributed by atoms with Crippen LogP contribution in [0.15, 0.2) is 42.5 Å². The van der Waals surface area contributed by atoms with Crippen molar-refractivity contribution in [3.63, 3.8) is 0 Å². The molecular formula is C30H43N3O5. The van der Waals surface area contributed by atoms with E-state index in [9.17, 15) is 19.5 Å². The second kappa shape index (κ2) is 13.3. The van der Waals surface area contributed by atoms with Crippen LogP contribution in [0.25, 0.3) is 0 Å². The number of rotatable bonds is 10. The molecule has 0 bridgehead atoms. The highest BCUT2D eigenvalue weighted by molar-refractivity contribution is 5.99. The van der Waals surface area contributed by atoms with Gasteiger partial charge in [-0.3, -0.25) is 9.59 Å². The third kappa shape index (κ3) is 8.78. The zero-order valence-corrected chi connectivity index (χ0v) is 23.9. The lowest BCUT2D eigenvalue weighted by Crippen LogP contribution is -2.53. The number of ether oxygens (including phenoxy) is 1. The average Bonchev–Trinajstić information content (AvgIpc) is 2.80. The lowest BCUT2D eigenvalue weighted by atomic mass is 9.97. The number of carbonyl (C=O) groups excluding carboxylic acids is 3. The predicted molar refractivity (Wildman–Crippen MR) is 150 cm³/mol. The number of phenols is 1. The maximum atomic E-state index is 14.1. The summed E-state index contributed by atoms with van der Waals surface area (Å²) in [6.07, 6.45) is 0.283. The molecule has 0 aromatic heterocycles. The maximum Gasteiger partial charge on any atom is 0.408 e. The van der Waals surface area contributed by atoms with Crippen LogP contribution in [0.3, 0.4) is 0 Å². The minimum Gasteiger partial charge on any atom is -0.508 e. The van der Waals surface area contributed by atoms with E-state index < -0.39 is 23.8 Å². The van der Waals surface area contributed by atoms with Crippen LogP contribution in [0.2, 0.25) is 0 Å². The van der Waals surface area contributed by atoms with Gasteiger partial charge in [-0.1, -0.05) is 45.0 Å². The number of amides is 3. The molecule has 0 fully saturated rings. The molecule has 2 unspecified atom stereocenters. The molecule has 2 aromatic carbocycles. The van der Waals surface area contributed by atoms with Crippen LogP contribution in [-0.4, -0.2) is 46.1 Å². The Hall–Kier alpha value is -3.55. The van der Waals surface area contributed by atoms with Crippen molar-refractivity contribution in [1.82, 2.24) is 10.2 Å². The summed E-state index contributed by atoms with van der Waals surface area (Å²) < 4.78 is 5.43. The van der Waals surface area contributed by atoms with Gasteiger partial charge < -0.3 is 25.4 Å². The fraction of sp³-hybridized carbons (Fsp3) is 0.500. The Morgan fingerprint density at radius 2 is 1.68 bits per heavy atom. The molecular weight excluding hydrogens is 482 g/mol. The normalized spacial score (nSPS) is 13.0. The Balaban J connectivity index is 2.54. The lowest BCUT2D eigenvalue weighted by Gasteiger charge is -2.35. The summed E-state index contributed by atoms with van der Waals surface area (Å²) in [6.45, 7) is 15.1. The number of anilines is 1. The van der Waals surface area contributed by atoms with Gasteiger partial charge >= 0.3 is 6.09 Å². The first-order valence-corrected chi connectivity index (χ1v) is 13.2. The fourth-order valence-corrected chi connectivity index (χ4v) is 4.19. The molecule has 0 radical (unpaired) electrons. The molecule has 2 atom stereocenters. The van der Waals surface area contributed by atoms with Crippen LogP contribution in [0.5, 0.6) is 5.75 Å². The first-order valence-electron chi connectivity index (χ1n) is 13.2. The Morgan fingerprint density at radius 1 is 1.03 bits per heavy atom. The summed E-state index contributed by atoms with van der Waals surface area (Å²) in [5.74, 6) is -0.559. The van der Waals surface area contributed by atoms with Gasteiger partial charge in [0.1, 0.15) is 23.4 Å². The van der Waals surface area contributed by atoms with Gasteiger partial charge in [0.05, 0.1) is 0 Å². The van der Waals surface area contributed by atoms with Gasteiger partial charge in [0.15, 0.2) is 0 Å². The third-order valence-electron chi connectivity index (χ3n) is 5.94. The fourth-order valence-electron chi connectivity index (χ4n) is 4.19. The second-order valence-corrected chi connectivity index (χ2v) is 11.1. The number of benzene rings is 2. The van der Waals surface area contributed by atoms with Crippen molar-refractivity contribution in [2.75, 3.05) is 11.9 Å². The Bertz CT molecular complexity index is 1120. The first kappa shape index (κ1) is 30.7. The zero-order chi connectivity index (χ0) is 28.6. The molecule has 3 amide bonds. The van der Waals surface area contributed by atoms with E-state index in [-0.39, 0.29) is 30.0 Å². The Labute approximate surface area is 226 Å². The number of aryl methyl sites for hydroxylation is 2. The number of para-hydroxylation sites is 1. The molecule has 0 aliphatic heterocycles. The van der Waals surface area contributed by atoms with E-state index in [4.69, 9.17) is 4.74 Å². The topological polar surface area (TPSA) is 108 Å². The van der Waals surface area contributed by atoms with Gasteiger partial charge in [0.25, 0.3) is 5.91 Å². The van der Waals surface area contributed by atoms with Crippen molar-refractivity contribution in [1.29, 1.82) is 0 Å². The Morgan fingerprint density at radius 3 is 2.24 bits per heavy atom. The highest BCUT2D eigenvalue weighted by Crippen LogP contribution is 2.29. The van der Waals surface area contributed by atoms with Crippen LogP contribution in [0, 0.1) is 19.8 Å². The molecule has 0 aliphatic rings. The van der Waals surface area contributed by atoms with E-state index in [1.807, 2.05) is 52.0 Å². The van der Waals surface area contributed by atoms with E-state index >= 15 is 0 Å². The third-order valence-corrected chi connectivity index (χ3v) is 5.94. The van der Waals surface area contributed by atoms with Crippen molar-refractivity contribution in [3.8, 4) is 5.75 Å². The van der Waals surface area contributed by atoms with Crippen LogP contribution in [0.4, 0.5) is 10.5 Å². The molecule has 8 heteroatoms. The molecule has 3 N–H and O–H groups in total. The molecule has 0 saturated heterocycles. The summed E-state index contributed by atoms with van der Waals surface area (Å²) in [5.41, 5.74) is 1.96. The molecule has 0 saturated carbocycles. The molecule has 0 heterocycles. The minimum atomic E-state index is -0.989. The van der Waals surface area contributed by atoms with Crippen LogP contribution < -0.4 is 10.6 Å². The van der Waals surface area contributed by atoms with Gasteiger partial charge in [-0.2, -0.15) is 0 Å². The van der Waals surface area contributed by atoms with Gasteiger partial charge in [0.2, 0.25) is 5.91 Å². The van der Waals surface area contributed by atoms with Crippen molar-refractivity contribution < 1.29 is 24.2 Å². The van der Waals surface area contributed by atoms with E-state index in [1.54, 1.807) is 39.8 Å². The number of hydrogen-bond acceptors (Lipinski definition) is 5. The maximum absolute atomic E-state index is 14.1. The molecule has 0 aliphatic carbocycles. The number of alkyl carbamates (subject to hydrolysis) is 1. The number of nitrogens with one attached hydrogen (secondary N) is 2. The number of carbonyl (C=O) groups is 3. The SMILES string of the molecule is CCCN(C(=O)C(CC(C)C)NC(=O)OC(C)(C)C)C(C(=O)Nc1ccccc1C)c1ccc(O)c(C)c1. The highest BCUT2D eigenvalue weighted by Gasteiger charge is 2.36. The van der Waals surface area contributed by atoms with Crippen molar-refractivity contribution in [2.45, 2.75) is 85.9 Å². The van der Waals surface area contributed by atoms with E-state index in [0.29, 0.717) is 29.7 Å². The lowest BCUT2D eigenvalue weighted by molar-refractivity contribution is -0.141. The Kier molecular flexibility index (Phi) is 10.7. The van der Waals surface area contributed by atoms with Crippen LogP contribution in [-0.2, 0) is 14.3 Å². The van der Waals surface area contributed by atoms with Gasteiger partial charge in [-0.25, -0.2) is 4.79 Å². The number of aromatic hydroxyl groups is 1. The average molecular weight is 526 g/mol. The minimum absolute atomic E-state index is 0.0949. The van der Waals surface area contributed by atoms with Gasteiger partial charge in [-0.05, 0) is 88.3 Å².